The minimum Gasteiger partial charge on any atom is -0.493 e. The van der Waals surface area contributed by atoms with Crippen LogP contribution in [0.5, 0.6) is 11.5 Å². The second-order valence-corrected chi connectivity index (χ2v) is 6.68. The number of carbonyl (C=O) groups excluding carboxylic acids is 1. The Labute approximate surface area is 175 Å². The van der Waals surface area contributed by atoms with Crippen molar-refractivity contribution >= 4 is 17.7 Å². The number of nitrogens with one attached hydrogen (secondary N) is 1. The van der Waals surface area contributed by atoms with Gasteiger partial charge in [-0.3, -0.25) is 14.3 Å². The first-order valence-electron chi connectivity index (χ1n) is 9.53. The van der Waals surface area contributed by atoms with Crippen LogP contribution in [-0.2, 0) is 11.8 Å². The molecule has 1 N–H and O–H groups in total. The average Bonchev–Trinajstić information content (AvgIpc) is 2.96. The number of benzene rings is 2. The van der Waals surface area contributed by atoms with Gasteiger partial charge in [0.1, 0.15) is 5.69 Å². The monoisotopic (exact) mass is 407 g/mol. The number of anilines is 1. The van der Waals surface area contributed by atoms with Gasteiger partial charge in [0.2, 0.25) is 0 Å². The number of nitrogens with zero attached hydrogens (tertiary/aromatic N) is 2. The lowest BCUT2D eigenvalue weighted by Gasteiger charge is -2.11. The van der Waals surface area contributed by atoms with Crippen LogP contribution >= 0.6 is 0 Å². The fourth-order valence-corrected chi connectivity index (χ4v) is 3.13. The Morgan fingerprint density at radius 3 is 2.53 bits per heavy atom. The third-order valence-corrected chi connectivity index (χ3v) is 4.72. The van der Waals surface area contributed by atoms with Gasteiger partial charge in [0.25, 0.3) is 11.5 Å². The number of hydrogen-bond acceptors (Lipinski definition) is 4. The Morgan fingerprint density at radius 1 is 1.13 bits per heavy atom. The molecule has 0 spiro atoms. The molecule has 0 atom stereocenters. The zero-order valence-electron chi connectivity index (χ0n) is 17.5. The third kappa shape index (κ3) is 4.30. The lowest BCUT2D eigenvalue weighted by Crippen LogP contribution is -2.25. The number of allylic oxidation sites excluding steroid dienone is 1. The highest BCUT2D eigenvalue weighted by Gasteiger charge is 2.18. The van der Waals surface area contributed by atoms with Crippen LogP contribution in [0.3, 0.4) is 0 Å². The summed E-state index contributed by atoms with van der Waals surface area (Å²) >= 11 is 0. The molecule has 0 unspecified atom stereocenters. The van der Waals surface area contributed by atoms with Crippen molar-refractivity contribution in [3.8, 4) is 17.2 Å². The zero-order valence-corrected chi connectivity index (χ0v) is 17.5. The standard InChI is InChI=1S/C23H25N3O4/c1-5-9-17-12-13-19(20(14-17)29-4)30-15-21(27)24-22-16(2)25(3)26(23(22)28)18-10-7-6-8-11-18/h5-14H,15H2,1-4H3,(H,24,27)/b9-5-. The maximum absolute atomic E-state index is 12.9. The maximum Gasteiger partial charge on any atom is 0.295 e. The summed E-state index contributed by atoms with van der Waals surface area (Å²) < 4.78 is 14.2. The van der Waals surface area contributed by atoms with Crippen LogP contribution < -0.4 is 20.3 Å². The summed E-state index contributed by atoms with van der Waals surface area (Å²) in [5.74, 6) is 0.550. The summed E-state index contributed by atoms with van der Waals surface area (Å²) in [6, 6.07) is 14.7. The van der Waals surface area contributed by atoms with Crippen LogP contribution in [0.1, 0.15) is 18.2 Å². The van der Waals surface area contributed by atoms with Gasteiger partial charge in [-0.2, -0.15) is 0 Å². The lowest BCUT2D eigenvalue weighted by atomic mass is 10.2. The van der Waals surface area contributed by atoms with E-state index in [4.69, 9.17) is 9.47 Å². The Morgan fingerprint density at radius 2 is 1.87 bits per heavy atom. The largest absolute Gasteiger partial charge is 0.493 e. The minimum atomic E-state index is -0.430. The van der Waals surface area contributed by atoms with Crippen LogP contribution in [-0.4, -0.2) is 29.0 Å². The second kappa shape index (κ2) is 9.17. The predicted octanol–water partition coefficient (Wildman–Crippen LogP) is 3.54. The van der Waals surface area contributed by atoms with Crippen molar-refractivity contribution < 1.29 is 14.3 Å². The molecule has 1 heterocycles. The number of aromatic nitrogens is 2. The van der Waals surface area contributed by atoms with Crippen molar-refractivity contribution in [3.63, 3.8) is 0 Å². The first-order chi connectivity index (χ1) is 14.5. The third-order valence-electron chi connectivity index (χ3n) is 4.72. The van der Waals surface area contributed by atoms with Crippen molar-refractivity contribution in [1.82, 2.24) is 9.36 Å². The Balaban J connectivity index is 1.76. The summed E-state index contributed by atoms with van der Waals surface area (Å²) in [5.41, 5.74) is 2.25. The van der Waals surface area contributed by atoms with Crippen molar-refractivity contribution in [2.75, 3.05) is 19.0 Å². The number of methoxy groups -OCH3 is 1. The van der Waals surface area contributed by atoms with Gasteiger partial charge >= 0.3 is 0 Å². The van der Waals surface area contributed by atoms with Gasteiger partial charge in [-0.25, -0.2) is 4.68 Å². The molecule has 0 aliphatic carbocycles. The van der Waals surface area contributed by atoms with Crippen LogP contribution in [0.25, 0.3) is 11.8 Å². The molecule has 30 heavy (non-hydrogen) atoms. The van der Waals surface area contributed by atoms with E-state index in [1.807, 2.05) is 61.5 Å². The van der Waals surface area contributed by atoms with E-state index >= 15 is 0 Å². The van der Waals surface area contributed by atoms with Crippen LogP contribution in [0.4, 0.5) is 5.69 Å². The van der Waals surface area contributed by atoms with Gasteiger partial charge in [0.05, 0.1) is 18.5 Å². The number of amides is 1. The average molecular weight is 407 g/mol. The fourth-order valence-electron chi connectivity index (χ4n) is 3.13. The SMILES string of the molecule is C/C=C\c1ccc(OCC(=O)Nc2c(C)n(C)n(-c3ccccc3)c2=O)c(OC)c1. The number of ether oxygens (including phenoxy) is 2. The Kier molecular flexibility index (Phi) is 6.41. The molecule has 1 aromatic heterocycles. The van der Waals surface area contributed by atoms with E-state index in [0.29, 0.717) is 17.2 Å². The molecule has 3 aromatic rings. The molecule has 7 nitrogen and oxygen atoms in total. The van der Waals surface area contributed by atoms with Gasteiger partial charge in [-0.1, -0.05) is 36.4 Å². The lowest BCUT2D eigenvalue weighted by molar-refractivity contribution is -0.118. The smallest absolute Gasteiger partial charge is 0.295 e. The van der Waals surface area contributed by atoms with Gasteiger partial charge in [0.15, 0.2) is 18.1 Å². The van der Waals surface area contributed by atoms with Crippen molar-refractivity contribution in [3.05, 3.63) is 76.2 Å². The highest BCUT2D eigenvalue weighted by molar-refractivity contribution is 5.92. The van der Waals surface area contributed by atoms with Crippen LogP contribution in [0, 0.1) is 6.92 Å². The summed E-state index contributed by atoms with van der Waals surface area (Å²) in [6.07, 6.45) is 3.86. The van der Waals surface area contributed by atoms with E-state index < -0.39 is 5.91 Å². The molecule has 3 rings (SSSR count). The van der Waals surface area contributed by atoms with E-state index in [2.05, 4.69) is 5.32 Å². The normalized spacial score (nSPS) is 10.9. The summed E-state index contributed by atoms with van der Waals surface area (Å²) in [4.78, 5) is 25.4. The molecule has 0 saturated heterocycles. The second-order valence-electron chi connectivity index (χ2n) is 6.68. The van der Waals surface area contributed by atoms with Gasteiger partial charge in [0, 0.05) is 7.05 Å². The molecule has 0 aliphatic heterocycles. The minimum absolute atomic E-state index is 0.227. The highest BCUT2D eigenvalue weighted by atomic mass is 16.5. The van der Waals surface area contributed by atoms with Gasteiger partial charge in [-0.05, 0) is 43.7 Å². The molecule has 0 fully saturated rings. The van der Waals surface area contributed by atoms with E-state index in [1.54, 1.807) is 31.8 Å². The first-order valence-corrected chi connectivity index (χ1v) is 9.53. The molecule has 0 bridgehead atoms. The molecule has 0 radical (unpaired) electrons. The number of carbonyl (C=O) groups is 1. The Hall–Kier alpha value is -3.74. The van der Waals surface area contributed by atoms with Crippen molar-refractivity contribution in [2.24, 2.45) is 7.05 Å². The summed E-state index contributed by atoms with van der Waals surface area (Å²) in [6.45, 7) is 3.46. The number of para-hydroxylation sites is 1. The van der Waals surface area contributed by atoms with Crippen LogP contribution in [0.15, 0.2) is 59.4 Å². The molecular weight excluding hydrogens is 382 g/mol. The molecule has 0 aliphatic rings. The quantitative estimate of drug-likeness (QED) is 0.650. The Bertz CT molecular complexity index is 1130. The molecule has 156 valence electrons. The first kappa shape index (κ1) is 21.0. The maximum atomic E-state index is 12.9. The van der Waals surface area contributed by atoms with Gasteiger partial charge < -0.3 is 14.8 Å². The fraction of sp³-hybridized carbons (Fsp3) is 0.217. The summed E-state index contributed by atoms with van der Waals surface area (Å²) in [5, 5.41) is 2.68. The zero-order chi connectivity index (χ0) is 21.7. The van der Waals surface area contributed by atoms with E-state index in [9.17, 15) is 9.59 Å². The summed E-state index contributed by atoms with van der Waals surface area (Å²) in [7, 11) is 3.31. The predicted molar refractivity (Wildman–Crippen MR) is 118 cm³/mol. The molecule has 0 saturated carbocycles. The van der Waals surface area contributed by atoms with Crippen molar-refractivity contribution in [2.45, 2.75) is 13.8 Å². The molecular formula is C23H25N3O4. The number of hydrogen-bond donors (Lipinski definition) is 1. The molecule has 1 amide bonds. The number of rotatable bonds is 7. The van der Waals surface area contributed by atoms with E-state index in [0.717, 1.165) is 11.3 Å². The van der Waals surface area contributed by atoms with Crippen LogP contribution in [0.2, 0.25) is 0 Å². The molecule has 2 aromatic carbocycles. The molecule has 7 heteroatoms. The topological polar surface area (TPSA) is 74.5 Å². The van der Waals surface area contributed by atoms with Crippen molar-refractivity contribution in [1.29, 1.82) is 0 Å². The van der Waals surface area contributed by atoms with Gasteiger partial charge in [-0.15, -0.1) is 0 Å². The van der Waals surface area contributed by atoms with E-state index in [1.165, 1.54) is 4.68 Å². The highest BCUT2D eigenvalue weighted by Crippen LogP contribution is 2.28. The van der Waals surface area contributed by atoms with E-state index in [-0.39, 0.29) is 17.9 Å².